The molecule has 1 unspecified atom stereocenters. The lowest BCUT2D eigenvalue weighted by atomic mass is 10.1. The number of aryl methyl sites for hydroxylation is 3. The minimum Gasteiger partial charge on any atom is -0.466 e. The first-order chi connectivity index (χ1) is 8.08. The summed E-state index contributed by atoms with van der Waals surface area (Å²) < 4.78 is 5.55. The lowest BCUT2D eigenvalue weighted by Gasteiger charge is -2.16. The Morgan fingerprint density at radius 3 is 2.65 bits per heavy atom. The molecule has 90 valence electrons. The van der Waals surface area contributed by atoms with Gasteiger partial charge in [-0.1, -0.05) is 0 Å². The maximum absolute atomic E-state index is 5.55. The van der Waals surface area contributed by atoms with Crippen LogP contribution in [0.15, 0.2) is 28.9 Å². The van der Waals surface area contributed by atoms with Gasteiger partial charge in [-0.3, -0.25) is 4.98 Å². The molecule has 0 amide bonds. The zero-order valence-electron chi connectivity index (χ0n) is 10.7. The molecule has 2 rings (SSSR count). The Morgan fingerprint density at radius 1 is 1.29 bits per heavy atom. The van der Waals surface area contributed by atoms with Gasteiger partial charge in [0, 0.05) is 23.6 Å². The third kappa shape index (κ3) is 2.49. The van der Waals surface area contributed by atoms with Gasteiger partial charge in [0.15, 0.2) is 0 Å². The Balaban J connectivity index is 2.20. The van der Waals surface area contributed by atoms with E-state index in [4.69, 9.17) is 4.42 Å². The van der Waals surface area contributed by atoms with E-state index in [-0.39, 0.29) is 6.04 Å². The van der Waals surface area contributed by atoms with Gasteiger partial charge in [0.1, 0.15) is 11.5 Å². The first-order valence-corrected chi connectivity index (χ1v) is 5.82. The van der Waals surface area contributed by atoms with Crippen LogP contribution in [0.25, 0.3) is 0 Å². The lowest BCUT2D eigenvalue weighted by Crippen LogP contribution is -2.08. The van der Waals surface area contributed by atoms with Crippen LogP contribution >= 0.6 is 0 Å². The summed E-state index contributed by atoms with van der Waals surface area (Å²) >= 11 is 0. The van der Waals surface area contributed by atoms with E-state index >= 15 is 0 Å². The Hall–Kier alpha value is -1.77. The van der Waals surface area contributed by atoms with Crippen molar-refractivity contribution >= 4 is 5.69 Å². The van der Waals surface area contributed by atoms with Gasteiger partial charge < -0.3 is 9.73 Å². The fourth-order valence-electron chi connectivity index (χ4n) is 2.03. The number of nitrogens with zero attached hydrogens (tertiary/aromatic N) is 1. The summed E-state index contributed by atoms with van der Waals surface area (Å²) in [5.74, 6) is 1.94. The van der Waals surface area contributed by atoms with Crippen LogP contribution in [0.3, 0.4) is 0 Å². The first kappa shape index (κ1) is 11.7. The maximum atomic E-state index is 5.55. The van der Waals surface area contributed by atoms with Gasteiger partial charge in [-0.25, -0.2) is 0 Å². The first-order valence-electron chi connectivity index (χ1n) is 5.82. The second kappa shape index (κ2) is 4.62. The van der Waals surface area contributed by atoms with E-state index in [2.05, 4.69) is 30.2 Å². The third-order valence-electron chi connectivity index (χ3n) is 2.94. The Bertz CT molecular complexity index is 517. The van der Waals surface area contributed by atoms with Crippen molar-refractivity contribution in [2.75, 3.05) is 5.32 Å². The van der Waals surface area contributed by atoms with Crippen LogP contribution in [-0.4, -0.2) is 4.98 Å². The van der Waals surface area contributed by atoms with Gasteiger partial charge in [0.05, 0.1) is 6.04 Å². The molecule has 1 atom stereocenters. The number of furan rings is 1. The summed E-state index contributed by atoms with van der Waals surface area (Å²) in [6.45, 7) is 8.16. The van der Waals surface area contributed by atoms with Crippen LogP contribution in [0.2, 0.25) is 0 Å². The van der Waals surface area contributed by atoms with Gasteiger partial charge in [0.25, 0.3) is 0 Å². The van der Waals surface area contributed by atoms with E-state index in [0.717, 1.165) is 22.8 Å². The van der Waals surface area contributed by atoms with Crippen molar-refractivity contribution in [2.24, 2.45) is 0 Å². The minimum absolute atomic E-state index is 0.230. The van der Waals surface area contributed by atoms with Crippen LogP contribution in [0.1, 0.15) is 35.6 Å². The molecule has 17 heavy (non-hydrogen) atoms. The molecule has 0 spiro atoms. The molecule has 2 aromatic rings. The average molecular weight is 230 g/mol. The largest absolute Gasteiger partial charge is 0.466 e. The Labute approximate surface area is 102 Å². The smallest absolute Gasteiger partial charge is 0.106 e. The van der Waals surface area contributed by atoms with Gasteiger partial charge in [0.2, 0.25) is 0 Å². The summed E-state index contributed by atoms with van der Waals surface area (Å²) in [6, 6.07) is 4.31. The van der Waals surface area contributed by atoms with Crippen molar-refractivity contribution in [3.05, 3.63) is 47.2 Å². The predicted octanol–water partition coefficient (Wildman–Crippen LogP) is 3.77. The normalized spacial score (nSPS) is 12.5. The molecule has 0 bridgehead atoms. The molecule has 3 nitrogen and oxygen atoms in total. The molecule has 1 N–H and O–H groups in total. The highest BCUT2D eigenvalue weighted by Crippen LogP contribution is 2.25. The number of anilines is 1. The van der Waals surface area contributed by atoms with E-state index in [9.17, 15) is 0 Å². The number of aromatic nitrogens is 1. The zero-order chi connectivity index (χ0) is 12.4. The van der Waals surface area contributed by atoms with E-state index in [0.29, 0.717) is 0 Å². The molecule has 0 aromatic carbocycles. The molecule has 0 saturated heterocycles. The molecule has 0 aliphatic rings. The van der Waals surface area contributed by atoms with Crippen molar-refractivity contribution < 1.29 is 4.42 Å². The summed E-state index contributed by atoms with van der Waals surface area (Å²) in [7, 11) is 0. The molecular weight excluding hydrogens is 212 g/mol. The van der Waals surface area contributed by atoms with Gasteiger partial charge in [-0.05, 0) is 45.4 Å². The monoisotopic (exact) mass is 230 g/mol. The lowest BCUT2D eigenvalue weighted by molar-refractivity contribution is 0.500. The van der Waals surface area contributed by atoms with Gasteiger partial charge >= 0.3 is 0 Å². The second-order valence-corrected chi connectivity index (χ2v) is 4.43. The van der Waals surface area contributed by atoms with Crippen molar-refractivity contribution in [3.63, 3.8) is 0 Å². The SMILES string of the molecule is Cc1cc(C(C)Nc2ccncc2C)c(C)o1. The van der Waals surface area contributed by atoms with E-state index in [1.165, 1.54) is 5.56 Å². The molecule has 0 aliphatic carbocycles. The highest BCUT2D eigenvalue weighted by atomic mass is 16.3. The Morgan fingerprint density at radius 2 is 2.06 bits per heavy atom. The van der Waals surface area contributed by atoms with Crippen LogP contribution < -0.4 is 5.32 Å². The maximum Gasteiger partial charge on any atom is 0.106 e. The standard InChI is InChI=1S/C14H18N2O/c1-9-8-15-6-5-14(9)16-11(3)13-7-10(2)17-12(13)4/h5-8,11H,1-4H3,(H,15,16). The summed E-state index contributed by atoms with van der Waals surface area (Å²) in [6.07, 6.45) is 3.66. The number of rotatable bonds is 3. The van der Waals surface area contributed by atoms with Crippen molar-refractivity contribution in [1.29, 1.82) is 0 Å². The fraction of sp³-hybridized carbons (Fsp3) is 0.357. The van der Waals surface area contributed by atoms with Gasteiger partial charge in [-0.15, -0.1) is 0 Å². The molecule has 0 radical (unpaired) electrons. The van der Waals surface area contributed by atoms with Crippen molar-refractivity contribution in [2.45, 2.75) is 33.7 Å². The fourth-order valence-corrected chi connectivity index (χ4v) is 2.03. The molecular formula is C14H18N2O. The molecule has 0 saturated carbocycles. The Kier molecular flexibility index (Phi) is 3.18. The zero-order valence-corrected chi connectivity index (χ0v) is 10.7. The van der Waals surface area contributed by atoms with Gasteiger partial charge in [-0.2, -0.15) is 0 Å². The quantitative estimate of drug-likeness (QED) is 0.872. The van der Waals surface area contributed by atoms with E-state index in [1.807, 2.05) is 26.1 Å². The van der Waals surface area contributed by atoms with E-state index < -0.39 is 0 Å². The van der Waals surface area contributed by atoms with Crippen molar-refractivity contribution in [3.8, 4) is 0 Å². The van der Waals surface area contributed by atoms with Crippen LogP contribution in [0.5, 0.6) is 0 Å². The second-order valence-electron chi connectivity index (χ2n) is 4.43. The molecule has 0 fully saturated rings. The number of hydrogen-bond acceptors (Lipinski definition) is 3. The van der Waals surface area contributed by atoms with Crippen LogP contribution in [0, 0.1) is 20.8 Å². The van der Waals surface area contributed by atoms with Crippen molar-refractivity contribution in [1.82, 2.24) is 4.98 Å². The third-order valence-corrected chi connectivity index (χ3v) is 2.94. The summed E-state index contributed by atoms with van der Waals surface area (Å²) in [4.78, 5) is 4.09. The van der Waals surface area contributed by atoms with Crippen LogP contribution in [-0.2, 0) is 0 Å². The van der Waals surface area contributed by atoms with Crippen LogP contribution in [0.4, 0.5) is 5.69 Å². The summed E-state index contributed by atoms with van der Waals surface area (Å²) in [5, 5.41) is 3.48. The average Bonchev–Trinajstić information content (AvgIpc) is 2.61. The predicted molar refractivity (Wildman–Crippen MR) is 69.2 cm³/mol. The minimum atomic E-state index is 0.230. The topological polar surface area (TPSA) is 38.1 Å². The molecule has 3 heteroatoms. The highest BCUT2D eigenvalue weighted by molar-refractivity contribution is 5.50. The number of pyridine rings is 1. The number of hydrogen-bond donors (Lipinski definition) is 1. The molecule has 0 aliphatic heterocycles. The molecule has 2 aromatic heterocycles. The summed E-state index contributed by atoms with van der Waals surface area (Å²) in [5.41, 5.74) is 3.47. The van der Waals surface area contributed by atoms with E-state index in [1.54, 1.807) is 6.20 Å². The number of nitrogens with one attached hydrogen (secondary N) is 1. The highest BCUT2D eigenvalue weighted by Gasteiger charge is 2.13. The molecule has 2 heterocycles.